The summed E-state index contributed by atoms with van der Waals surface area (Å²) in [5, 5.41) is 0.308. The number of carbonyl (C=O) groups excluding carboxylic acids is 2. The first-order valence-corrected chi connectivity index (χ1v) is 9.79. The van der Waals surface area contributed by atoms with Crippen molar-refractivity contribution in [1.82, 2.24) is 19.4 Å². The van der Waals surface area contributed by atoms with Crippen molar-refractivity contribution in [2.24, 2.45) is 5.92 Å². The second kappa shape index (κ2) is 7.26. The number of aromatic nitrogens is 2. The van der Waals surface area contributed by atoms with Crippen LogP contribution in [0, 0.1) is 12.8 Å². The van der Waals surface area contributed by atoms with Gasteiger partial charge in [0.05, 0.1) is 10.9 Å². The Morgan fingerprint density at radius 3 is 2.32 bits per heavy atom. The third kappa shape index (κ3) is 3.23. The summed E-state index contributed by atoms with van der Waals surface area (Å²) < 4.78 is 0.663. The zero-order chi connectivity index (χ0) is 19.8. The van der Waals surface area contributed by atoms with Gasteiger partial charge in [0, 0.05) is 32.1 Å². The molecule has 8 heteroatoms. The van der Waals surface area contributed by atoms with Gasteiger partial charge in [-0.15, -0.1) is 0 Å². The largest absolute Gasteiger partial charge is 0.339 e. The van der Waals surface area contributed by atoms with Crippen LogP contribution in [0.15, 0.2) is 27.8 Å². The van der Waals surface area contributed by atoms with E-state index in [4.69, 9.17) is 0 Å². The van der Waals surface area contributed by atoms with Crippen LogP contribution in [0.25, 0.3) is 10.9 Å². The fourth-order valence-corrected chi connectivity index (χ4v) is 4.19. The molecule has 1 saturated heterocycles. The highest BCUT2D eigenvalue weighted by Gasteiger charge is 2.31. The third-order valence-electron chi connectivity index (χ3n) is 5.81. The van der Waals surface area contributed by atoms with Gasteiger partial charge in [-0.05, 0) is 31.9 Å². The van der Waals surface area contributed by atoms with E-state index in [9.17, 15) is 19.2 Å². The quantitative estimate of drug-likeness (QED) is 0.802. The molecule has 1 aliphatic carbocycles. The number of aromatic amines is 1. The second-order valence-corrected chi connectivity index (χ2v) is 7.70. The van der Waals surface area contributed by atoms with Crippen molar-refractivity contribution >= 4 is 22.8 Å². The molecule has 1 N–H and O–H groups in total. The molecule has 28 heavy (non-hydrogen) atoms. The first-order valence-electron chi connectivity index (χ1n) is 9.79. The molecule has 0 unspecified atom stereocenters. The number of fused-ring (bicyclic) bond motifs is 1. The number of rotatable bonds is 1. The molecule has 2 heterocycles. The number of hydrogen-bond donors (Lipinski definition) is 1. The van der Waals surface area contributed by atoms with Crippen molar-refractivity contribution in [2.45, 2.75) is 32.6 Å². The number of carbonyl (C=O) groups is 2. The van der Waals surface area contributed by atoms with Crippen LogP contribution in [0.1, 0.15) is 31.2 Å². The van der Waals surface area contributed by atoms with Crippen LogP contribution in [-0.4, -0.2) is 57.5 Å². The van der Waals surface area contributed by atoms with Crippen LogP contribution < -0.4 is 11.2 Å². The molecule has 1 aromatic heterocycles. The first kappa shape index (κ1) is 18.5. The van der Waals surface area contributed by atoms with E-state index in [1.807, 2.05) is 6.92 Å². The van der Waals surface area contributed by atoms with E-state index in [1.165, 1.54) is 4.90 Å². The zero-order valence-electron chi connectivity index (χ0n) is 15.9. The topological polar surface area (TPSA) is 95.5 Å². The Balaban J connectivity index is 1.53. The summed E-state index contributed by atoms with van der Waals surface area (Å²) in [5.41, 5.74) is -0.0703. The van der Waals surface area contributed by atoms with E-state index < -0.39 is 17.3 Å². The molecule has 1 aromatic carbocycles. The van der Waals surface area contributed by atoms with E-state index in [0.717, 1.165) is 31.2 Å². The van der Waals surface area contributed by atoms with Crippen LogP contribution in [0.2, 0.25) is 0 Å². The predicted molar refractivity (Wildman–Crippen MR) is 104 cm³/mol. The monoisotopic (exact) mass is 384 g/mol. The van der Waals surface area contributed by atoms with Gasteiger partial charge in [0.25, 0.3) is 5.56 Å². The minimum absolute atomic E-state index is 0.108. The third-order valence-corrected chi connectivity index (χ3v) is 5.81. The number of aryl methyl sites for hydroxylation is 1. The molecular formula is C20H24N4O4. The van der Waals surface area contributed by atoms with Crippen LogP contribution in [-0.2, 0) is 4.79 Å². The molecule has 2 aliphatic rings. The first-order chi connectivity index (χ1) is 13.5. The summed E-state index contributed by atoms with van der Waals surface area (Å²) >= 11 is 0. The van der Waals surface area contributed by atoms with Gasteiger partial charge in [-0.25, -0.2) is 9.59 Å². The smallest absolute Gasteiger partial charge is 0.337 e. The van der Waals surface area contributed by atoms with Crippen molar-refractivity contribution < 1.29 is 9.59 Å². The minimum atomic E-state index is -0.740. The number of benzene rings is 1. The van der Waals surface area contributed by atoms with Crippen molar-refractivity contribution in [3.8, 4) is 0 Å². The van der Waals surface area contributed by atoms with Gasteiger partial charge in [0.15, 0.2) is 0 Å². The lowest BCUT2D eigenvalue weighted by Crippen LogP contribution is -2.55. The van der Waals surface area contributed by atoms with Crippen molar-refractivity contribution in [2.75, 3.05) is 26.2 Å². The number of nitrogens with one attached hydrogen (secondary N) is 1. The number of nitrogens with zero attached hydrogens (tertiary/aromatic N) is 3. The second-order valence-electron chi connectivity index (χ2n) is 7.70. The van der Waals surface area contributed by atoms with E-state index >= 15 is 0 Å². The lowest BCUT2D eigenvalue weighted by molar-refractivity contribution is -0.136. The number of hydrogen-bond acceptors (Lipinski definition) is 4. The molecule has 4 rings (SSSR count). The van der Waals surface area contributed by atoms with Crippen LogP contribution in [0.4, 0.5) is 4.79 Å². The van der Waals surface area contributed by atoms with Crippen molar-refractivity contribution in [3.05, 3.63) is 44.6 Å². The Morgan fingerprint density at radius 2 is 1.64 bits per heavy atom. The maximum Gasteiger partial charge on any atom is 0.337 e. The molecule has 0 spiro atoms. The lowest BCUT2D eigenvalue weighted by atomic mass is 10.1. The predicted octanol–water partition coefficient (Wildman–Crippen LogP) is 1.30. The summed E-state index contributed by atoms with van der Waals surface area (Å²) in [5.74, 6) is 0.275. The molecule has 1 saturated carbocycles. The van der Waals surface area contributed by atoms with E-state index in [1.54, 1.807) is 23.1 Å². The summed E-state index contributed by atoms with van der Waals surface area (Å²) in [4.78, 5) is 56.4. The molecule has 2 fully saturated rings. The highest BCUT2D eigenvalue weighted by Crippen LogP contribution is 2.26. The molecule has 0 atom stereocenters. The fourth-order valence-electron chi connectivity index (χ4n) is 4.19. The van der Waals surface area contributed by atoms with Gasteiger partial charge in [0.2, 0.25) is 5.91 Å². The minimum Gasteiger partial charge on any atom is -0.339 e. The number of amides is 2. The molecule has 0 radical (unpaired) electrons. The Bertz CT molecular complexity index is 1040. The van der Waals surface area contributed by atoms with Gasteiger partial charge in [-0.3, -0.25) is 9.59 Å². The molecule has 2 amide bonds. The summed E-state index contributed by atoms with van der Waals surface area (Å²) in [6, 6.07) is 4.48. The molecule has 0 bridgehead atoms. The highest BCUT2D eigenvalue weighted by atomic mass is 16.2. The van der Waals surface area contributed by atoms with Gasteiger partial charge in [-0.1, -0.05) is 24.5 Å². The van der Waals surface area contributed by atoms with Crippen molar-refractivity contribution in [1.29, 1.82) is 0 Å². The van der Waals surface area contributed by atoms with Crippen LogP contribution in [0.5, 0.6) is 0 Å². The molecular weight excluding hydrogens is 360 g/mol. The van der Waals surface area contributed by atoms with E-state index in [-0.39, 0.29) is 11.8 Å². The highest BCUT2D eigenvalue weighted by molar-refractivity contribution is 5.84. The normalized spacial score (nSPS) is 18.0. The molecule has 148 valence electrons. The average molecular weight is 384 g/mol. The maximum atomic E-state index is 12.9. The average Bonchev–Trinajstić information content (AvgIpc) is 3.23. The molecule has 2 aromatic rings. The van der Waals surface area contributed by atoms with Gasteiger partial charge >= 0.3 is 11.7 Å². The standard InChI is InChI=1S/C20H24N4O4/c1-13-6-7-16-15(12-13)18(26)24(19(27)21-16)20(28)23-10-8-22(9-11-23)17(25)14-4-2-3-5-14/h6-7,12,14H,2-5,8-11H2,1H3,(H,21,27). The maximum absolute atomic E-state index is 12.9. The fraction of sp³-hybridized carbons (Fsp3) is 0.500. The summed E-state index contributed by atoms with van der Waals surface area (Å²) in [6.45, 7) is 3.33. The van der Waals surface area contributed by atoms with Gasteiger partial charge in [0.1, 0.15) is 0 Å². The Kier molecular flexibility index (Phi) is 4.78. The summed E-state index contributed by atoms with van der Waals surface area (Å²) in [7, 11) is 0. The molecule has 8 nitrogen and oxygen atoms in total. The van der Waals surface area contributed by atoms with Gasteiger partial charge in [-0.2, -0.15) is 4.57 Å². The van der Waals surface area contributed by atoms with E-state index in [2.05, 4.69) is 4.98 Å². The van der Waals surface area contributed by atoms with Crippen LogP contribution in [0.3, 0.4) is 0 Å². The number of H-pyrrole nitrogens is 1. The lowest BCUT2D eigenvalue weighted by Gasteiger charge is -2.35. The SMILES string of the molecule is Cc1ccc2[nH]c(=O)n(C(=O)N3CCN(C(=O)C4CCCC4)CC3)c(=O)c2c1. The van der Waals surface area contributed by atoms with E-state index in [0.29, 0.717) is 41.6 Å². The number of piperazine rings is 1. The zero-order valence-corrected chi connectivity index (χ0v) is 15.9. The van der Waals surface area contributed by atoms with Crippen molar-refractivity contribution in [3.63, 3.8) is 0 Å². The van der Waals surface area contributed by atoms with Gasteiger partial charge < -0.3 is 14.8 Å². The van der Waals surface area contributed by atoms with Crippen LogP contribution >= 0.6 is 0 Å². The summed E-state index contributed by atoms with van der Waals surface area (Å²) in [6.07, 6.45) is 4.09. The molecule has 1 aliphatic heterocycles. The Labute approximate surface area is 161 Å². The Morgan fingerprint density at radius 1 is 1.00 bits per heavy atom. The Hall–Kier alpha value is -2.90.